The minimum Gasteiger partial charge on any atom is -0.441 e. The lowest BCUT2D eigenvalue weighted by atomic mass is 9.79. The standard InChI is InChI=1S/C14H18N2O/c1-10-16-12-5-4-11(8-13(12)17-10)14(9-15)6-2-3-7-14/h4-5,8H,2-3,6-7,9,15H2,1H3. The first-order chi connectivity index (χ1) is 8.23. The number of benzene rings is 1. The Bertz CT molecular complexity index is 538. The van der Waals surface area contributed by atoms with Crippen molar-refractivity contribution >= 4 is 11.1 Å². The fourth-order valence-electron chi connectivity index (χ4n) is 3.03. The van der Waals surface area contributed by atoms with Gasteiger partial charge in [-0.3, -0.25) is 0 Å². The molecule has 1 saturated carbocycles. The van der Waals surface area contributed by atoms with E-state index in [0.717, 1.165) is 23.5 Å². The second kappa shape index (κ2) is 3.84. The Kier molecular flexibility index (Phi) is 2.44. The minimum absolute atomic E-state index is 0.175. The van der Waals surface area contributed by atoms with Crippen molar-refractivity contribution in [2.75, 3.05) is 6.54 Å². The van der Waals surface area contributed by atoms with E-state index in [1.165, 1.54) is 31.2 Å². The molecule has 0 atom stereocenters. The number of nitrogens with zero attached hydrogens (tertiary/aromatic N) is 1. The second-order valence-corrected chi connectivity index (χ2v) is 5.11. The van der Waals surface area contributed by atoms with Crippen LogP contribution in [0.15, 0.2) is 22.6 Å². The molecular weight excluding hydrogens is 212 g/mol. The van der Waals surface area contributed by atoms with Gasteiger partial charge < -0.3 is 10.2 Å². The molecule has 0 unspecified atom stereocenters. The van der Waals surface area contributed by atoms with Gasteiger partial charge in [-0.05, 0) is 30.5 Å². The normalized spacial score (nSPS) is 18.9. The third-order valence-electron chi connectivity index (χ3n) is 4.06. The molecule has 3 heteroatoms. The first kappa shape index (κ1) is 10.8. The van der Waals surface area contributed by atoms with Crippen LogP contribution in [0.3, 0.4) is 0 Å². The van der Waals surface area contributed by atoms with Crippen LogP contribution < -0.4 is 5.73 Å². The Morgan fingerprint density at radius 2 is 2.12 bits per heavy atom. The summed E-state index contributed by atoms with van der Waals surface area (Å²) in [6, 6.07) is 6.35. The van der Waals surface area contributed by atoms with Crippen molar-refractivity contribution in [1.29, 1.82) is 0 Å². The highest BCUT2D eigenvalue weighted by Crippen LogP contribution is 2.41. The predicted molar refractivity (Wildman–Crippen MR) is 67.9 cm³/mol. The Balaban J connectivity index is 2.10. The number of fused-ring (bicyclic) bond motifs is 1. The molecule has 1 aliphatic carbocycles. The molecule has 1 fully saturated rings. The van der Waals surface area contributed by atoms with Crippen LogP contribution in [0.2, 0.25) is 0 Å². The summed E-state index contributed by atoms with van der Waals surface area (Å²) < 4.78 is 5.61. The first-order valence-corrected chi connectivity index (χ1v) is 6.31. The van der Waals surface area contributed by atoms with Crippen LogP contribution in [0.4, 0.5) is 0 Å². The van der Waals surface area contributed by atoms with E-state index in [1.807, 2.05) is 6.92 Å². The van der Waals surface area contributed by atoms with Crippen LogP contribution >= 0.6 is 0 Å². The zero-order valence-electron chi connectivity index (χ0n) is 10.2. The van der Waals surface area contributed by atoms with Gasteiger partial charge in [0.2, 0.25) is 0 Å². The Hall–Kier alpha value is -1.35. The summed E-state index contributed by atoms with van der Waals surface area (Å²) in [7, 11) is 0. The van der Waals surface area contributed by atoms with Gasteiger partial charge in [-0.2, -0.15) is 0 Å². The summed E-state index contributed by atoms with van der Waals surface area (Å²) in [4.78, 5) is 4.33. The quantitative estimate of drug-likeness (QED) is 0.863. The highest BCUT2D eigenvalue weighted by atomic mass is 16.3. The van der Waals surface area contributed by atoms with Crippen molar-refractivity contribution in [1.82, 2.24) is 4.98 Å². The smallest absolute Gasteiger partial charge is 0.192 e. The average Bonchev–Trinajstić information content (AvgIpc) is 2.93. The van der Waals surface area contributed by atoms with Crippen molar-refractivity contribution in [3.8, 4) is 0 Å². The topological polar surface area (TPSA) is 52.0 Å². The Morgan fingerprint density at radius 3 is 2.82 bits per heavy atom. The van der Waals surface area contributed by atoms with Gasteiger partial charge in [0.15, 0.2) is 11.5 Å². The summed E-state index contributed by atoms with van der Waals surface area (Å²) in [5.41, 5.74) is 9.33. The van der Waals surface area contributed by atoms with Crippen LogP contribution in [-0.4, -0.2) is 11.5 Å². The van der Waals surface area contributed by atoms with E-state index in [0.29, 0.717) is 0 Å². The van der Waals surface area contributed by atoms with Gasteiger partial charge in [-0.25, -0.2) is 4.98 Å². The highest BCUT2D eigenvalue weighted by Gasteiger charge is 2.34. The van der Waals surface area contributed by atoms with E-state index < -0.39 is 0 Å². The maximum Gasteiger partial charge on any atom is 0.192 e. The molecular formula is C14H18N2O. The van der Waals surface area contributed by atoms with Gasteiger partial charge in [0.1, 0.15) is 5.52 Å². The van der Waals surface area contributed by atoms with E-state index in [-0.39, 0.29) is 5.41 Å². The predicted octanol–water partition coefficient (Wildman–Crippen LogP) is 2.91. The zero-order chi connectivity index (χ0) is 11.9. The SMILES string of the molecule is Cc1nc2ccc(C3(CN)CCCC3)cc2o1. The molecule has 17 heavy (non-hydrogen) atoms. The van der Waals surface area contributed by atoms with E-state index >= 15 is 0 Å². The lowest BCUT2D eigenvalue weighted by molar-refractivity contribution is 0.452. The number of nitrogens with two attached hydrogens (primary N) is 1. The molecule has 1 heterocycles. The Labute approximate surface area is 101 Å². The number of oxazole rings is 1. The largest absolute Gasteiger partial charge is 0.441 e. The van der Waals surface area contributed by atoms with Crippen molar-refractivity contribution < 1.29 is 4.42 Å². The molecule has 1 aromatic heterocycles. The highest BCUT2D eigenvalue weighted by molar-refractivity contribution is 5.73. The molecule has 90 valence electrons. The molecule has 3 nitrogen and oxygen atoms in total. The van der Waals surface area contributed by atoms with Crippen molar-refractivity contribution in [2.45, 2.75) is 38.0 Å². The molecule has 0 saturated heterocycles. The molecule has 2 aromatic rings. The molecule has 0 amide bonds. The molecule has 0 radical (unpaired) electrons. The van der Waals surface area contributed by atoms with Gasteiger partial charge in [-0.15, -0.1) is 0 Å². The lowest BCUT2D eigenvalue weighted by Crippen LogP contribution is -2.31. The molecule has 0 aliphatic heterocycles. The first-order valence-electron chi connectivity index (χ1n) is 6.31. The third-order valence-corrected chi connectivity index (χ3v) is 4.06. The van der Waals surface area contributed by atoms with Gasteiger partial charge in [0, 0.05) is 18.9 Å². The number of hydrogen-bond donors (Lipinski definition) is 1. The minimum atomic E-state index is 0.175. The number of rotatable bonds is 2. The molecule has 2 N–H and O–H groups in total. The second-order valence-electron chi connectivity index (χ2n) is 5.11. The molecule has 1 aromatic carbocycles. The number of aromatic nitrogens is 1. The molecule has 0 bridgehead atoms. The van der Waals surface area contributed by atoms with Crippen LogP contribution in [0.5, 0.6) is 0 Å². The van der Waals surface area contributed by atoms with E-state index in [4.69, 9.17) is 10.2 Å². The van der Waals surface area contributed by atoms with Gasteiger partial charge in [-0.1, -0.05) is 18.9 Å². The number of aryl methyl sites for hydroxylation is 1. The van der Waals surface area contributed by atoms with E-state index in [2.05, 4.69) is 23.2 Å². The lowest BCUT2D eigenvalue weighted by Gasteiger charge is -2.27. The van der Waals surface area contributed by atoms with Gasteiger partial charge in [0.25, 0.3) is 0 Å². The fourth-order valence-corrected chi connectivity index (χ4v) is 3.03. The summed E-state index contributed by atoms with van der Waals surface area (Å²) in [5.74, 6) is 0.727. The van der Waals surface area contributed by atoms with Crippen LogP contribution in [0, 0.1) is 6.92 Å². The summed E-state index contributed by atoms with van der Waals surface area (Å²) in [5, 5.41) is 0. The van der Waals surface area contributed by atoms with E-state index in [9.17, 15) is 0 Å². The van der Waals surface area contributed by atoms with Crippen molar-refractivity contribution in [2.24, 2.45) is 5.73 Å². The Morgan fingerprint density at radius 1 is 1.35 bits per heavy atom. The monoisotopic (exact) mass is 230 g/mol. The van der Waals surface area contributed by atoms with Gasteiger partial charge in [0.05, 0.1) is 0 Å². The maximum atomic E-state index is 6.00. The van der Waals surface area contributed by atoms with Crippen molar-refractivity contribution in [3.05, 3.63) is 29.7 Å². The number of hydrogen-bond acceptors (Lipinski definition) is 3. The maximum absolute atomic E-state index is 6.00. The van der Waals surface area contributed by atoms with Crippen LogP contribution in [0.25, 0.3) is 11.1 Å². The summed E-state index contributed by atoms with van der Waals surface area (Å²) in [6.07, 6.45) is 4.96. The molecule has 1 aliphatic rings. The van der Waals surface area contributed by atoms with Gasteiger partial charge >= 0.3 is 0 Å². The zero-order valence-corrected chi connectivity index (χ0v) is 10.2. The fraction of sp³-hybridized carbons (Fsp3) is 0.500. The molecule has 3 rings (SSSR count). The van der Waals surface area contributed by atoms with E-state index in [1.54, 1.807) is 0 Å². The third kappa shape index (κ3) is 1.65. The molecule has 0 spiro atoms. The summed E-state index contributed by atoms with van der Waals surface area (Å²) in [6.45, 7) is 2.61. The summed E-state index contributed by atoms with van der Waals surface area (Å²) >= 11 is 0. The van der Waals surface area contributed by atoms with Crippen LogP contribution in [0.1, 0.15) is 37.1 Å². The van der Waals surface area contributed by atoms with Crippen molar-refractivity contribution in [3.63, 3.8) is 0 Å². The average molecular weight is 230 g/mol. The van der Waals surface area contributed by atoms with Crippen LogP contribution in [-0.2, 0) is 5.41 Å².